The predicted octanol–water partition coefficient (Wildman–Crippen LogP) is 2.89. The topological polar surface area (TPSA) is 40.5 Å². The maximum atomic E-state index is 10.8. The van der Waals surface area contributed by atoms with Crippen LogP contribution in [0.5, 0.6) is 0 Å². The first kappa shape index (κ1) is 13.4. The molecule has 3 nitrogen and oxygen atoms in total. The molecule has 0 saturated heterocycles. The van der Waals surface area contributed by atoms with E-state index in [2.05, 4.69) is 4.90 Å². The van der Waals surface area contributed by atoms with Crippen molar-refractivity contribution in [3.63, 3.8) is 0 Å². The molecule has 0 atom stereocenters. The molecular formula is C14H18ClNO2. The van der Waals surface area contributed by atoms with Crippen LogP contribution in [0.3, 0.4) is 0 Å². The second kappa shape index (κ2) is 6.21. The van der Waals surface area contributed by atoms with Gasteiger partial charge in [0.15, 0.2) is 6.29 Å². The monoisotopic (exact) mass is 267 g/mol. The Morgan fingerprint density at radius 3 is 2.72 bits per heavy atom. The number of anilines is 1. The molecule has 0 bridgehead atoms. The highest BCUT2D eigenvalue weighted by Crippen LogP contribution is 2.31. The Kier molecular flexibility index (Phi) is 4.61. The number of carbonyl (C=O) groups is 1. The fourth-order valence-electron chi connectivity index (χ4n) is 2.25. The number of halogens is 1. The van der Waals surface area contributed by atoms with Crippen LogP contribution in [0, 0.1) is 0 Å². The summed E-state index contributed by atoms with van der Waals surface area (Å²) < 4.78 is 0. The number of hydrogen-bond donors (Lipinski definition) is 1. The largest absolute Gasteiger partial charge is 0.396 e. The summed E-state index contributed by atoms with van der Waals surface area (Å²) in [6.07, 6.45) is 5.18. The van der Waals surface area contributed by atoms with Gasteiger partial charge in [0.1, 0.15) is 0 Å². The zero-order valence-corrected chi connectivity index (χ0v) is 11.1. The average molecular weight is 268 g/mol. The van der Waals surface area contributed by atoms with E-state index in [4.69, 9.17) is 16.7 Å². The standard InChI is InChI=1S/C14H18ClNO2/c15-14-9-13(6-5-11(14)10-18)16(7-2-8-17)12-3-1-4-12/h5-6,9-10,12,17H,1-4,7-8H2. The molecule has 0 amide bonds. The Morgan fingerprint density at radius 2 is 2.22 bits per heavy atom. The second-order valence-corrected chi connectivity index (χ2v) is 5.09. The minimum atomic E-state index is 0.198. The number of aliphatic hydroxyl groups is 1. The van der Waals surface area contributed by atoms with Crippen molar-refractivity contribution in [3.05, 3.63) is 28.8 Å². The molecule has 4 heteroatoms. The number of carbonyl (C=O) groups excluding carboxylic acids is 1. The van der Waals surface area contributed by atoms with Gasteiger partial charge in [-0.1, -0.05) is 11.6 Å². The Labute approximate surface area is 112 Å². The Balaban J connectivity index is 2.18. The number of nitrogens with zero attached hydrogens (tertiary/aromatic N) is 1. The van der Waals surface area contributed by atoms with Gasteiger partial charge >= 0.3 is 0 Å². The van der Waals surface area contributed by atoms with Gasteiger partial charge in [-0.25, -0.2) is 0 Å². The molecule has 0 radical (unpaired) electrons. The first-order valence-corrected chi connectivity index (χ1v) is 6.76. The molecule has 0 aliphatic heterocycles. The second-order valence-electron chi connectivity index (χ2n) is 4.68. The van der Waals surface area contributed by atoms with Crippen LogP contribution in [0.25, 0.3) is 0 Å². The van der Waals surface area contributed by atoms with Crippen LogP contribution in [0.2, 0.25) is 5.02 Å². The molecule has 0 aromatic heterocycles. The molecule has 1 aromatic rings. The van der Waals surface area contributed by atoms with Crippen molar-refractivity contribution in [2.45, 2.75) is 31.7 Å². The van der Waals surface area contributed by atoms with E-state index in [-0.39, 0.29) is 6.61 Å². The van der Waals surface area contributed by atoms with Crippen molar-refractivity contribution < 1.29 is 9.90 Å². The van der Waals surface area contributed by atoms with E-state index in [1.807, 2.05) is 12.1 Å². The van der Waals surface area contributed by atoms with Crippen LogP contribution in [-0.2, 0) is 0 Å². The van der Waals surface area contributed by atoms with E-state index in [0.29, 0.717) is 16.6 Å². The lowest BCUT2D eigenvalue weighted by Crippen LogP contribution is -2.41. The van der Waals surface area contributed by atoms with Crippen molar-refractivity contribution in [3.8, 4) is 0 Å². The highest BCUT2D eigenvalue weighted by Gasteiger charge is 2.25. The number of aliphatic hydroxyl groups excluding tert-OH is 1. The minimum absolute atomic E-state index is 0.198. The Bertz CT molecular complexity index is 418. The van der Waals surface area contributed by atoms with Crippen LogP contribution in [0.15, 0.2) is 18.2 Å². The first-order valence-electron chi connectivity index (χ1n) is 6.38. The van der Waals surface area contributed by atoms with Gasteiger partial charge in [-0.05, 0) is 43.9 Å². The molecule has 2 rings (SSSR count). The van der Waals surface area contributed by atoms with Crippen molar-refractivity contribution >= 4 is 23.6 Å². The lowest BCUT2D eigenvalue weighted by Gasteiger charge is -2.39. The third-order valence-corrected chi connectivity index (χ3v) is 3.84. The first-order chi connectivity index (χ1) is 8.76. The highest BCUT2D eigenvalue weighted by atomic mass is 35.5. The van der Waals surface area contributed by atoms with Gasteiger partial charge in [-0.2, -0.15) is 0 Å². The predicted molar refractivity (Wildman–Crippen MR) is 73.5 cm³/mol. The van der Waals surface area contributed by atoms with Crippen molar-refractivity contribution in [2.24, 2.45) is 0 Å². The Hall–Kier alpha value is -1.06. The molecule has 18 heavy (non-hydrogen) atoms. The molecule has 1 aliphatic rings. The number of rotatable bonds is 6. The van der Waals surface area contributed by atoms with Gasteiger partial charge in [-0.15, -0.1) is 0 Å². The zero-order valence-electron chi connectivity index (χ0n) is 10.3. The van der Waals surface area contributed by atoms with E-state index in [1.165, 1.54) is 19.3 Å². The molecule has 0 unspecified atom stereocenters. The summed E-state index contributed by atoms with van der Waals surface area (Å²) in [7, 11) is 0. The molecule has 0 heterocycles. The number of aldehydes is 1. The number of hydrogen-bond acceptors (Lipinski definition) is 3. The summed E-state index contributed by atoms with van der Waals surface area (Å²) >= 11 is 6.07. The lowest BCUT2D eigenvalue weighted by molar-refractivity contribution is 0.112. The average Bonchev–Trinajstić information content (AvgIpc) is 2.32. The maximum absolute atomic E-state index is 10.8. The third kappa shape index (κ3) is 2.85. The van der Waals surface area contributed by atoms with Gasteiger partial charge in [0.25, 0.3) is 0 Å². The molecule has 1 aliphatic carbocycles. The van der Waals surface area contributed by atoms with E-state index in [1.54, 1.807) is 6.07 Å². The molecule has 98 valence electrons. The van der Waals surface area contributed by atoms with Crippen molar-refractivity contribution in [1.29, 1.82) is 0 Å². The van der Waals surface area contributed by atoms with Crippen LogP contribution < -0.4 is 4.90 Å². The van der Waals surface area contributed by atoms with E-state index < -0.39 is 0 Å². The molecular weight excluding hydrogens is 250 g/mol. The summed E-state index contributed by atoms with van der Waals surface area (Å²) in [4.78, 5) is 13.0. The summed E-state index contributed by atoms with van der Waals surface area (Å²) in [5.74, 6) is 0. The fourth-order valence-corrected chi connectivity index (χ4v) is 2.47. The fraction of sp³-hybridized carbons (Fsp3) is 0.500. The number of benzene rings is 1. The van der Waals surface area contributed by atoms with Gasteiger partial charge in [0.2, 0.25) is 0 Å². The third-order valence-electron chi connectivity index (χ3n) is 3.52. The molecule has 0 spiro atoms. The smallest absolute Gasteiger partial charge is 0.151 e. The van der Waals surface area contributed by atoms with Gasteiger partial charge < -0.3 is 10.0 Å². The van der Waals surface area contributed by atoms with Gasteiger partial charge in [-0.3, -0.25) is 4.79 Å². The Morgan fingerprint density at radius 1 is 1.44 bits per heavy atom. The summed E-state index contributed by atoms with van der Waals surface area (Å²) in [6.45, 7) is 1.03. The quantitative estimate of drug-likeness (QED) is 0.806. The van der Waals surface area contributed by atoms with Crippen LogP contribution >= 0.6 is 11.6 Å². The van der Waals surface area contributed by atoms with Crippen LogP contribution in [0.4, 0.5) is 5.69 Å². The van der Waals surface area contributed by atoms with Crippen LogP contribution in [0.1, 0.15) is 36.0 Å². The summed E-state index contributed by atoms with van der Waals surface area (Å²) in [6, 6.07) is 6.09. The van der Waals surface area contributed by atoms with Gasteiger partial charge in [0, 0.05) is 30.4 Å². The molecule has 1 saturated carbocycles. The van der Waals surface area contributed by atoms with E-state index in [0.717, 1.165) is 24.9 Å². The minimum Gasteiger partial charge on any atom is -0.396 e. The van der Waals surface area contributed by atoms with E-state index in [9.17, 15) is 4.79 Å². The normalized spacial score (nSPS) is 15.2. The molecule has 1 fully saturated rings. The van der Waals surface area contributed by atoms with Crippen molar-refractivity contribution in [1.82, 2.24) is 0 Å². The van der Waals surface area contributed by atoms with Crippen molar-refractivity contribution in [2.75, 3.05) is 18.1 Å². The van der Waals surface area contributed by atoms with Crippen LogP contribution in [-0.4, -0.2) is 30.6 Å². The maximum Gasteiger partial charge on any atom is 0.151 e. The molecule has 1 N–H and O–H groups in total. The van der Waals surface area contributed by atoms with E-state index >= 15 is 0 Å². The highest BCUT2D eigenvalue weighted by molar-refractivity contribution is 6.33. The zero-order chi connectivity index (χ0) is 13.0. The van der Waals surface area contributed by atoms with Gasteiger partial charge in [0.05, 0.1) is 5.02 Å². The lowest BCUT2D eigenvalue weighted by atomic mass is 9.91. The summed E-state index contributed by atoms with van der Waals surface area (Å²) in [5.41, 5.74) is 1.57. The summed E-state index contributed by atoms with van der Waals surface area (Å²) in [5, 5.41) is 9.47. The molecule has 1 aromatic carbocycles. The SMILES string of the molecule is O=Cc1ccc(N(CCCO)C2CCC2)cc1Cl.